The van der Waals surface area contributed by atoms with Gasteiger partial charge in [-0.15, -0.1) is 0 Å². The number of fused-ring (bicyclic) bond motifs is 2. The summed E-state index contributed by atoms with van der Waals surface area (Å²) >= 11 is 0. The number of rotatable bonds is 6. The number of benzene rings is 2. The molecular weight excluding hydrogens is 503 g/mol. The molecule has 2 aliphatic heterocycles. The minimum atomic E-state index is -4.57. The molecule has 0 bridgehead atoms. The predicted octanol–water partition coefficient (Wildman–Crippen LogP) is 4.25. The molecule has 0 spiro atoms. The molecule has 0 saturated carbocycles. The number of amides is 3. The van der Waals surface area contributed by atoms with Crippen LogP contribution in [0.15, 0.2) is 42.5 Å². The van der Waals surface area contributed by atoms with Crippen molar-refractivity contribution >= 4 is 23.4 Å². The van der Waals surface area contributed by atoms with Crippen molar-refractivity contribution in [1.29, 1.82) is 0 Å². The van der Waals surface area contributed by atoms with Crippen molar-refractivity contribution in [3.63, 3.8) is 0 Å². The van der Waals surface area contributed by atoms with Gasteiger partial charge in [0.2, 0.25) is 5.91 Å². The SMILES string of the molecule is CCCNC(=O)C[C@H]1CC[C@H]2[C@H](COc3ccc(NC(=O)c4cccc(C(F)(F)F)c4)cc3C(=O)N2C)O1. The normalized spacial score (nSPS) is 21.3. The number of likely N-dealkylation sites (N-methyl/N-ethyl adjacent to an activating group) is 1. The van der Waals surface area contributed by atoms with E-state index in [0.717, 1.165) is 24.6 Å². The molecule has 0 aromatic heterocycles. The van der Waals surface area contributed by atoms with E-state index in [1.165, 1.54) is 24.3 Å². The first kappa shape index (κ1) is 27.4. The van der Waals surface area contributed by atoms with Crippen LogP contribution in [0.25, 0.3) is 0 Å². The summed E-state index contributed by atoms with van der Waals surface area (Å²) < 4.78 is 51.1. The number of ether oxygens (including phenoxy) is 2. The van der Waals surface area contributed by atoms with Crippen LogP contribution in [0.1, 0.15) is 58.9 Å². The Balaban J connectivity index is 1.47. The molecule has 3 atom stereocenters. The maximum atomic E-state index is 13.4. The maximum Gasteiger partial charge on any atom is 0.416 e. The third-order valence-electron chi connectivity index (χ3n) is 6.71. The van der Waals surface area contributed by atoms with Crippen LogP contribution < -0.4 is 15.4 Å². The molecule has 0 radical (unpaired) electrons. The smallest absolute Gasteiger partial charge is 0.416 e. The van der Waals surface area contributed by atoms with Crippen molar-refractivity contribution in [3.05, 3.63) is 59.2 Å². The van der Waals surface area contributed by atoms with Gasteiger partial charge in [0.15, 0.2) is 0 Å². The Kier molecular flexibility index (Phi) is 8.25. The van der Waals surface area contributed by atoms with E-state index in [4.69, 9.17) is 9.47 Å². The summed E-state index contributed by atoms with van der Waals surface area (Å²) in [5.41, 5.74) is -0.631. The molecule has 4 rings (SSSR count). The number of nitrogens with one attached hydrogen (secondary N) is 2. The van der Waals surface area contributed by atoms with Gasteiger partial charge in [-0.2, -0.15) is 13.2 Å². The van der Waals surface area contributed by atoms with Gasteiger partial charge in [0.25, 0.3) is 11.8 Å². The number of carbonyl (C=O) groups excluding carboxylic acids is 3. The lowest BCUT2D eigenvalue weighted by Crippen LogP contribution is -2.54. The summed E-state index contributed by atoms with van der Waals surface area (Å²) in [5.74, 6) is -0.855. The Hall–Kier alpha value is -3.60. The van der Waals surface area contributed by atoms with Crippen molar-refractivity contribution in [2.24, 2.45) is 0 Å². The van der Waals surface area contributed by atoms with Crippen molar-refractivity contribution in [1.82, 2.24) is 10.2 Å². The molecule has 2 heterocycles. The summed E-state index contributed by atoms with van der Waals surface area (Å²) in [6.45, 7) is 2.75. The molecule has 3 amide bonds. The Morgan fingerprint density at radius 1 is 1.13 bits per heavy atom. The van der Waals surface area contributed by atoms with E-state index in [1.54, 1.807) is 11.9 Å². The van der Waals surface area contributed by atoms with Crippen LogP contribution in [0.3, 0.4) is 0 Å². The zero-order valence-electron chi connectivity index (χ0n) is 21.1. The highest BCUT2D eigenvalue weighted by Crippen LogP contribution is 2.33. The lowest BCUT2D eigenvalue weighted by molar-refractivity contribution is -0.137. The second-order valence-corrected chi connectivity index (χ2v) is 9.47. The predicted molar refractivity (Wildman–Crippen MR) is 133 cm³/mol. The van der Waals surface area contributed by atoms with E-state index >= 15 is 0 Å². The van der Waals surface area contributed by atoms with Crippen LogP contribution in [0, 0.1) is 0 Å². The van der Waals surface area contributed by atoms with Gasteiger partial charge in [-0.25, -0.2) is 0 Å². The fraction of sp³-hybridized carbons (Fsp3) is 0.444. The molecule has 11 heteroatoms. The first-order valence-electron chi connectivity index (χ1n) is 12.5. The number of alkyl halides is 3. The summed E-state index contributed by atoms with van der Waals surface area (Å²) in [6, 6.07) is 8.33. The molecular formula is C27H30F3N3O5. The molecule has 0 unspecified atom stereocenters. The van der Waals surface area contributed by atoms with E-state index in [1.807, 2.05) is 6.92 Å². The molecule has 1 fully saturated rings. The number of hydrogen-bond acceptors (Lipinski definition) is 5. The third-order valence-corrected chi connectivity index (χ3v) is 6.71. The van der Waals surface area contributed by atoms with Crippen molar-refractivity contribution in [2.45, 2.75) is 57.0 Å². The minimum absolute atomic E-state index is 0.0726. The molecule has 2 aromatic rings. The number of halogens is 3. The largest absolute Gasteiger partial charge is 0.490 e. The summed E-state index contributed by atoms with van der Waals surface area (Å²) in [5, 5.41) is 5.40. The van der Waals surface area contributed by atoms with E-state index in [9.17, 15) is 27.6 Å². The number of hydrogen-bond donors (Lipinski definition) is 2. The van der Waals surface area contributed by atoms with Gasteiger partial charge in [-0.3, -0.25) is 14.4 Å². The van der Waals surface area contributed by atoms with Crippen LogP contribution in [0.4, 0.5) is 18.9 Å². The summed E-state index contributed by atoms with van der Waals surface area (Å²) in [7, 11) is 1.67. The second-order valence-electron chi connectivity index (χ2n) is 9.47. The van der Waals surface area contributed by atoms with E-state index in [-0.39, 0.29) is 53.8 Å². The molecule has 2 N–H and O–H groups in total. The average molecular weight is 534 g/mol. The zero-order valence-corrected chi connectivity index (χ0v) is 21.1. The lowest BCUT2D eigenvalue weighted by Gasteiger charge is -2.42. The zero-order chi connectivity index (χ0) is 27.4. The Labute approximate surface area is 218 Å². The quantitative estimate of drug-likeness (QED) is 0.579. The molecule has 204 valence electrons. The highest BCUT2D eigenvalue weighted by molar-refractivity contribution is 6.05. The van der Waals surface area contributed by atoms with Crippen molar-refractivity contribution < 1.29 is 37.0 Å². The Morgan fingerprint density at radius 3 is 2.66 bits per heavy atom. The number of anilines is 1. The monoisotopic (exact) mass is 533 g/mol. The minimum Gasteiger partial charge on any atom is -0.490 e. The molecule has 1 saturated heterocycles. The summed E-state index contributed by atoms with van der Waals surface area (Å²) in [4.78, 5) is 39.7. The van der Waals surface area contributed by atoms with Gasteiger partial charge < -0.3 is 25.0 Å². The van der Waals surface area contributed by atoms with Gasteiger partial charge in [0.05, 0.1) is 29.7 Å². The van der Waals surface area contributed by atoms with Gasteiger partial charge in [0.1, 0.15) is 18.5 Å². The highest BCUT2D eigenvalue weighted by atomic mass is 19.4. The maximum absolute atomic E-state index is 13.4. The van der Waals surface area contributed by atoms with E-state index < -0.39 is 23.8 Å². The van der Waals surface area contributed by atoms with Gasteiger partial charge in [-0.05, 0) is 55.7 Å². The molecule has 8 nitrogen and oxygen atoms in total. The van der Waals surface area contributed by atoms with E-state index in [2.05, 4.69) is 10.6 Å². The topological polar surface area (TPSA) is 97.0 Å². The fourth-order valence-electron chi connectivity index (χ4n) is 4.69. The van der Waals surface area contributed by atoms with Gasteiger partial charge >= 0.3 is 6.18 Å². The van der Waals surface area contributed by atoms with Crippen LogP contribution >= 0.6 is 0 Å². The lowest BCUT2D eigenvalue weighted by atomic mass is 9.94. The van der Waals surface area contributed by atoms with Gasteiger partial charge in [0, 0.05) is 24.8 Å². The van der Waals surface area contributed by atoms with Crippen LogP contribution in [0.5, 0.6) is 5.75 Å². The highest BCUT2D eigenvalue weighted by Gasteiger charge is 2.39. The molecule has 2 aromatic carbocycles. The van der Waals surface area contributed by atoms with Crippen LogP contribution in [-0.4, -0.2) is 61.1 Å². The second kappa shape index (κ2) is 11.4. The third kappa shape index (κ3) is 6.27. The van der Waals surface area contributed by atoms with E-state index in [0.29, 0.717) is 25.1 Å². The number of nitrogens with zero attached hydrogens (tertiary/aromatic N) is 1. The molecule has 2 aliphatic rings. The first-order chi connectivity index (χ1) is 18.1. The number of carbonyl (C=O) groups is 3. The Morgan fingerprint density at radius 2 is 1.92 bits per heavy atom. The van der Waals surface area contributed by atoms with Crippen molar-refractivity contribution in [2.75, 3.05) is 25.5 Å². The average Bonchev–Trinajstić information content (AvgIpc) is 2.89. The molecule has 38 heavy (non-hydrogen) atoms. The molecule has 0 aliphatic carbocycles. The standard InChI is InChI=1S/C27H30F3N3O5/c1-3-11-31-24(34)14-19-8-9-21-23(38-19)15-37-22-10-7-18(13-20(22)26(36)33(21)2)32-25(35)16-5-4-6-17(12-16)27(28,29)30/h4-7,10,12-13,19,21,23H,3,8-9,11,14-15H2,1-2H3,(H,31,34)(H,32,35)/t19-,21+,23+/m1/s1. The van der Waals surface area contributed by atoms with Crippen molar-refractivity contribution in [3.8, 4) is 5.75 Å². The van der Waals surface area contributed by atoms with Gasteiger partial charge in [-0.1, -0.05) is 13.0 Å². The van der Waals surface area contributed by atoms with Crippen LogP contribution in [0.2, 0.25) is 0 Å². The summed E-state index contributed by atoms with van der Waals surface area (Å²) in [6.07, 6.45) is -2.94. The first-order valence-corrected chi connectivity index (χ1v) is 12.5. The fourth-order valence-corrected chi connectivity index (χ4v) is 4.69. The Bertz CT molecular complexity index is 1200. The van der Waals surface area contributed by atoms with Crippen LogP contribution in [-0.2, 0) is 15.7 Å².